The minimum absolute atomic E-state index is 0.121. The molecular formula is C21H23N5O3. The summed E-state index contributed by atoms with van der Waals surface area (Å²) < 4.78 is 6.68. The zero-order chi connectivity index (χ0) is 20.9. The van der Waals surface area contributed by atoms with Crippen LogP contribution in [0.15, 0.2) is 40.7 Å². The van der Waals surface area contributed by atoms with E-state index in [0.717, 1.165) is 5.69 Å². The predicted molar refractivity (Wildman–Crippen MR) is 108 cm³/mol. The van der Waals surface area contributed by atoms with Crippen molar-refractivity contribution in [2.24, 2.45) is 10.2 Å². The molecule has 1 N–H and O–H groups in total. The Balaban J connectivity index is 1.64. The Kier molecular flexibility index (Phi) is 6.07. The average molecular weight is 393 g/mol. The number of rotatable bonds is 9. The number of amides is 1. The van der Waals surface area contributed by atoms with Gasteiger partial charge in [-0.3, -0.25) is 4.79 Å². The lowest BCUT2D eigenvalue weighted by molar-refractivity contribution is -0.116. The van der Waals surface area contributed by atoms with Gasteiger partial charge in [-0.25, -0.2) is 9.48 Å². The zero-order valence-electron chi connectivity index (χ0n) is 16.5. The predicted octanol–water partition coefficient (Wildman–Crippen LogP) is 3.65. The molecule has 0 unspecified atom stereocenters. The number of anilines is 1. The number of nitrogens with one attached hydrogen (secondary N) is 1. The van der Waals surface area contributed by atoms with Crippen LogP contribution < -0.4 is 5.32 Å². The molecule has 0 saturated carbocycles. The summed E-state index contributed by atoms with van der Waals surface area (Å²) >= 11 is 0. The lowest BCUT2D eigenvalue weighted by Crippen LogP contribution is -2.17. The Morgan fingerprint density at radius 2 is 2.10 bits per heavy atom. The van der Waals surface area contributed by atoms with E-state index in [1.54, 1.807) is 30.7 Å². The van der Waals surface area contributed by atoms with E-state index in [0.29, 0.717) is 49.2 Å². The Bertz CT molecular complexity index is 980. The lowest BCUT2D eigenvalue weighted by atomic mass is 10.0. The molecule has 1 aliphatic heterocycles. The molecule has 150 valence electrons. The molecule has 1 amide bonds. The molecule has 2 heterocycles. The van der Waals surface area contributed by atoms with Gasteiger partial charge in [0.25, 0.3) is 0 Å². The van der Waals surface area contributed by atoms with E-state index in [4.69, 9.17) is 11.2 Å². The van der Waals surface area contributed by atoms with Gasteiger partial charge in [-0.2, -0.15) is 15.3 Å². The Morgan fingerprint density at radius 3 is 2.79 bits per heavy atom. The summed E-state index contributed by atoms with van der Waals surface area (Å²) in [5, 5.41) is 15.2. The molecule has 3 rings (SSSR count). The second-order valence-corrected chi connectivity index (χ2v) is 6.76. The minimum atomic E-state index is -0.471. The topological polar surface area (TPSA) is 97.9 Å². The third-order valence-electron chi connectivity index (χ3n) is 4.68. The van der Waals surface area contributed by atoms with Crippen LogP contribution in [0.4, 0.5) is 5.69 Å². The number of carbonyl (C=O) groups is 2. The normalized spacial score (nSPS) is 13.6. The van der Waals surface area contributed by atoms with E-state index in [2.05, 4.69) is 26.6 Å². The summed E-state index contributed by atoms with van der Waals surface area (Å²) in [4.78, 5) is 24.3. The Labute approximate surface area is 169 Å². The van der Waals surface area contributed by atoms with E-state index >= 15 is 0 Å². The van der Waals surface area contributed by atoms with Gasteiger partial charge in [-0.1, -0.05) is 6.07 Å². The summed E-state index contributed by atoms with van der Waals surface area (Å²) in [6.07, 6.45) is 8.87. The third kappa shape index (κ3) is 4.88. The first kappa shape index (κ1) is 20.3. The van der Waals surface area contributed by atoms with Gasteiger partial charge in [0, 0.05) is 31.4 Å². The fraction of sp³-hybridized carbons (Fsp3) is 0.381. The SMILES string of the molecule is C#CCCC1(CCC(=O)Nc2cccc(-n3ncc(C(=O)OCC)c3C)c2)N=N1. The van der Waals surface area contributed by atoms with E-state index < -0.39 is 11.6 Å². The van der Waals surface area contributed by atoms with Crippen LogP contribution in [0, 0.1) is 19.3 Å². The maximum absolute atomic E-state index is 12.3. The number of hydrogen-bond acceptors (Lipinski definition) is 6. The molecule has 1 aromatic heterocycles. The molecule has 8 heteroatoms. The number of aromatic nitrogens is 2. The van der Waals surface area contributed by atoms with Crippen molar-refractivity contribution < 1.29 is 14.3 Å². The summed E-state index contributed by atoms with van der Waals surface area (Å²) in [7, 11) is 0. The van der Waals surface area contributed by atoms with Crippen molar-refractivity contribution in [1.82, 2.24) is 9.78 Å². The number of ether oxygens (including phenoxy) is 1. The van der Waals surface area contributed by atoms with Crippen LogP contribution in [-0.4, -0.2) is 33.9 Å². The van der Waals surface area contributed by atoms with E-state index in [-0.39, 0.29) is 5.91 Å². The molecule has 0 radical (unpaired) electrons. The van der Waals surface area contributed by atoms with Crippen molar-refractivity contribution in [2.75, 3.05) is 11.9 Å². The first-order chi connectivity index (χ1) is 14.0. The number of hydrogen-bond donors (Lipinski definition) is 1. The first-order valence-electron chi connectivity index (χ1n) is 9.47. The highest BCUT2D eigenvalue weighted by Crippen LogP contribution is 2.37. The molecule has 0 fully saturated rings. The molecule has 1 aliphatic rings. The van der Waals surface area contributed by atoms with Crippen molar-refractivity contribution in [1.29, 1.82) is 0 Å². The van der Waals surface area contributed by atoms with Crippen LogP contribution in [0.5, 0.6) is 0 Å². The van der Waals surface area contributed by atoms with Crippen LogP contribution in [0.3, 0.4) is 0 Å². The van der Waals surface area contributed by atoms with Gasteiger partial charge >= 0.3 is 5.97 Å². The molecule has 0 aliphatic carbocycles. The molecule has 0 spiro atoms. The van der Waals surface area contributed by atoms with Crippen LogP contribution in [0.25, 0.3) is 5.69 Å². The Morgan fingerprint density at radius 1 is 1.31 bits per heavy atom. The van der Waals surface area contributed by atoms with Gasteiger partial charge in [0.2, 0.25) is 5.91 Å². The number of nitrogens with zero attached hydrogens (tertiary/aromatic N) is 4. The van der Waals surface area contributed by atoms with Crippen LogP contribution >= 0.6 is 0 Å². The second-order valence-electron chi connectivity index (χ2n) is 6.76. The smallest absolute Gasteiger partial charge is 0.341 e. The standard InChI is InChI=1S/C21H23N5O3/c1-4-6-11-21(24-25-21)12-10-19(27)23-16-8-7-9-17(13-16)26-15(3)18(14-22-26)20(28)29-5-2/h1,7-9,13-14H,5-6,10-12H2,2-3H3,(H,23,27). The van der Waals surface area contributed by atoms with Crippen molar-refractivity contribution in [3.05, 3.63) is 41.7 Å². The summed E-state index contributed by atoms with van der Waals surface area (Å²) in [5.74, 6) is 2.05. The van der Waals surface area contributed by atoms with Gasteiger partial charge in [-0.15, -0.1) is 12.3 Å². The molecule has 0 bridgehead atoms. The van der Waals surface area contributed by atoms with Gasteiger partial charge in [0.05, 0.1) is 24.2 Å². The van der Waals surface area contributed by atoms with E-state index in [1.807, 2.05) is 12.1 Å². The van der Waals surface area contributed by atoms with Crippen molar-refractivity contribution in [2.45, 2.75) is 45.2 Å². The van der Waals surface area contributed by atoms with E-state index in [9.17, 15) is 9.59 Å². The Hall–Kier alpha value is -3.47. The molecule has 2 aromatic rings. The lowest BCUT2D eigenvalue weighted by Gasteiger charge is -2.11. The highest BCUT2D eigenvalue weighted by Gasteiger charge is 2.39. The van der Waals surface area contributed by atoms with Crippen molar-refractivity contribution >= 4 is 17.6 Å². The summed E-state index contributed by atoms with van der Waals surface area (Å²) in [6.45, 7) is 3.85. The molecule has 1 aromatic carbocycles. The number of benzene rings is 1. The zero-order valence-corrected chi connectivity index (χ0v) is 16.5. The maximum Gasteiger partial charge on any atom is 0.341 e. The summed E-state index contributed by atoms with van der Waals surface area (Å²) in [6, 6.07) is 7.26. The average Bonchev–Trinajstić information content (AvgIpc) is 3.38. The molecule has 8 nitrogen and oxygen atoms in total. The van der Waals surface area contributed by atoms with Crippen molar-refractivity contribution in [3.8, 4) is 18.0 Å². The highest BCUT2D eigenvalue weighted by atomic mass is 16.5. The maximum atomic E-state index is 12.3. The molecule has 29 heavy (non-hydrogen) atoms. The fourth-order valence-corrected chi connectivity index (χ4v) is 3.00. The first-order valence-corrected chi connectivity index (χ1v) is 9.47. The molecular weight excluding hydrogens is 370 g/mol. The monoisotopic (exact) mass is 393 g/mol. The second kappa shape index (κ2) is 8.69. The van der Waals surface area contributed by atoms with Crippen LogP contribution in [-0.2, 0) is 9.53 Å². The van der Waals surface area contributed by atoms with Crippen molar-refractivity contribution in [3.63, 3.8) is 0 Å². The number of carbonyl (C=O) groups excluding carboxylic acids is 2. The number of esters is 1. The van der Waals surface area contributed by atoms with E-state index in [1.165, 1.54) is 6.20 Å². The quantitative estimate of drug-likeness (QED) is 0.519. The minimum Gasteiger partial charge on any atom is -0.462 e. The van der Waals surface area contributed by atoms with Gasteiger partial charge in [0.1, 0.15) is 5.56 Å². The van der Waals surface area contributed by atoms with Gasteiger partial charge in [0.15, 0.2) is 5.66 Å². The highest BCUT2D eigenvalue weighted by molar-refractivity contribution is 5.91. The van der Waals surface area contributed by atoms with Gasteiger partial charge < -0.3 is 10.1 Å². The van der Waals surface area contributed by atoms with Gasteiger partial charge in [-0.05, 0) is 32.0 Å². The third-order valence-corrected chi connectivity index (χ3v) is 4.68. The number of terminal acetylenes is 1. The molecule has 0 atom stereocenters. The summed E-state index contributed by atoms with van der Waals surface area (Å²) in [5.41, 5.74) is 1.98. The molecule has 0 saturated heterocycles. The van der Waals surface area contributed by atoms with Crippen LogP contribution in [0.2, 0.25) is 0 Å². The van der Waals surface area contributed by atoms with Crippen LogP contribution in [0.1, 0.15) is 48.7 Å². The fourth-order valence-electron chi connectivity index (χ4n) is 3.00. The largest absolute Gasteiger partial charge is 0.462 e.